The van der Waals surface area contributed by atoms with E-state index in [1.807, 2.05) is 0 Å². The molecule has 0 aromatic carbocycles. The number of rotatable bonds is 43. The smallest absolute Gasteiger partial charge is 0.249 e. The SMILES string of the molecule is CCCCCCCCCCCCCCCCCCCC/C=C/CC/C=C/CCCC(O)C(O)C(COC1OC(CO)C(O)C(O)C1O)NC(=O)C(O)CCCCCCCCCC. The van der Waals surface area contributed by atoms with Crippen LogP contribution in [0.1, 0.15) is 226 Å². The molecule has 1 aliphatic rings. The first-order valence-corrected chi connectivity index (χ1v) is 25.7. The van der Waals surface area contributed by atoms with Gasteiger partial charge in [-0.1, -0.05) is 199 Å². The molecule has 1 rings (SSSR count). The van der Waals surface area contributed by atoms with Crippen LogP contribution in [0.5, 0.6) is 0 Å². The number of ether oxygens (including phenoxy) is 2. The maximum Gasteiger partial charge on any atom is 0.249 e. The molecule has 1 amide bonds. The Morgan fingerprint density at radius 2 is 0.968 bits per heavy atom. The predicted octanol–water partition coefficient (Wildman–Crippen LogP) is 9.40. The van der Waals surface area contributed by atoms with Gasteiger partial charge in [0.25, 0.3) is 0 Å². The summed E-state index contributed by atoms with van der Waals surface area (Å²) >= 11 is 0. The monoisotopic (exact) mass is 884 g/mol. The Labute approximate surface area is 378 Å². The largest absolute Gasteiger partial charge is 0.394 e. The van der Waals surface area contributed by atoms with Crippen LogP contribution >= 0.6 is 0 Å². The van der Waals surface area contributed by atoms with Crippen molar-refractivity contribution in [2.24, 2.45) is 0 Å². The van der Waals surface area contributed by atoms with Gasteiger partial charge in [-0.2, -0.15) is 0 Å². The molecule has 9 atom stereocenters. The molecule has 0 aliphatic carbocycles. The highest BCUT2D eigenvalue weighted by Gasteiger charge is 2.44. The van der Waals surface area contributed by atoms with E-state index in [0.717, 1.165) is 38.5 Å². The highest BCUT2D eigenvalue weighted by Crippen LogP contribution is 2.23. The molecular weight excluding hydrogens is 787 g/mol. The number of hydrogen-bond donors (Lipinski definition) is 8. The quantitative estimate of drug-likeness (QED) is 0.0216. The normalized spacial score (nSPS) is 21.5. The molecule has 1 aliphatic heterocycles. The zero-order valence-electron chi connectivity index (χ0n) is 39.6. The summed E-state index contributed by atoms with van der Waals surface area (Å²) in [6.45, 7) is 3.38. The van der Waals surface area contributed by atoms with Crippen LogP contribution in [-0.4, -0.2) is 110 Å². The molecule has 1 saturated heterocycles. The lowest BCUT2D eigenvalue weighted by molar-refractivity contribution is -0.303. The molecule has 1 heterocycles. The Bertz CT molecular complexity index is 1060. The van der Waals surface area contributed by atoms with E-state index in [2.05, 4.69) is 43.5 Å². The van der Waals surface area contributed by atoms with Crippen LogP contribution < -0.4 is 5.32 Å². The Balaban J connectivity index is 2.30. The number of hydrogen-bond acceptors (Lipinski definition) is 10. The standard InChI is InChI=1S/C51H97NO10/c1-3-5-7-9-11-13-14-15-16-17-18-19-20-21-22-23-24-25-26-27-28-29-30-31-33-34-36-38-43(54)46(56)42(41-61-51-49(59)48(58)47(57)45(40-53)62-51)52-50(60)44(55)39-37-35-32-12-10-8-6-4-2/h27-28,31,33,42-49,51,53-59H,3-26,29-30,32,34-41H2,1-2H3,(H,52,60)/b28-27+,33-31+. The summed E-state index contributed by atoms with van der Waals surface area (Å²) in [6, 6.07) is -1.19. The molecule has 0 radical (unpaired) electrons. The minimum absolute atomic E-state index is 0.248. The third-order valence-corrected chi connectivity index (χ3v) is 12.5. The molecule has 1 fully saturated rings. The number of aliphatic hydroxyl groups is 7. The maximum atomic E-state index is 13.0. The van der Waals surface area contributed by atoms with E-state index in [-0.39, 0.29) is 12.8 Å². The number of carbonyl (C=O) groups is 1. The van der Waals surface area contributed by atoms with Crippen molar-refractivity contribution in [3.63, 3.8) is 0 Å². The first kappa shape index (κ1) is 58.6. The summed E-state index contributed by atoms with van der Waals surface area (Å²) in [6.07, 6.45) is 35.6. The van der Waals surface area contributed by atoms with Crippen molar-refractivity contribution in [3.05, 3.63) is 24.3 Å². The average molecular weight is 884 g/mol. The summed E-state index contributed by atoms with van der Waals surface area (Å²) in [5, 5.41) is 75.5. The number of amides is 1. The van der Waals surface area contributed by atoms with Gasteiger partial charge >= 0.3 is 0 Å². The van der Waals surface area contributed by atoms with Crippen LogP contribution in [0.15, 0.2) is 24.3 Å². The van der Waals surface area contributed by atoms with Gasteiger partial charge in [0.05, 0.1) is 25.4 Å². The zero-order valence-corrected chi connectivity index (χ0v) is 39.6. The fourth-order valence-corrected chi connectivity index (χ4v) is 8.22. The topological polar surface area (TPSA) is 189 Å². The Morgan fingerprint density at radius 3 is 1.44 bits per heavy atom. The van der Waals surface area contributed by atoms with Gasteiger partial charge in [0.15, 0.2) is 6.29 Å². The molecule has 8 N–H and O–H groups in total. The van der Waals surface area contributed by atoms with Crippen LogP contribution in [0.25, 0.3) is 0 Å². The van der Waals surface area contributed by atoms with E-state index >= 15 is 0 Å². The van der Waals surface area contributed by atoms with Crippen LogP contribution in [0.3, 0.4) is 0 Å². The Hall–Kier alpha value is -1.41. The second kappa shape index (κ2) is 41.1. The van der Waals surface area contributed by atoms with E-state index in [9.17, 15) is 40.5 Å². The average Bonchev–Trinajstić information content (AvgIpc) is 3.27. The summed E-state index contributed by atoms with van der Waals surface area (Å²) < 4.78 is 11.1. The molecule has 366 valence electrons. The number of unbranched alkanes of at least 4 members (excludes halogenated alkanes) is 27. The number of allylic oxidation sites excluding steroid dienone is 4. The molecule has 9 unspecified atom stereocenters. The summed E-state index contributed by atoms with van der Waals surface area (Å²) in [4.78, 5) is 13.0. The lowest BCUT2D eigenvalue weighted by Gasteiger charge is -2.40. The zero-order chi connectivity index (χ0) is 45.5. The first-order valence-electron chi connectivity index (χ1n) is 25.7. The molecule has 62 heavy (non-hydrogen) atoms. The van der Waals surface area contributed by atoms with Crippen LogP contribution in [0.2, 0.25) is 0 Å². The van der Waals surface area contributed by atoms with E-state index in [1.165, 1.54) is 141 Å². The van der Waals surface area contributed by atoms with Crippen molar-refractivity contribution >= 4 is 5.91 Å². The third kappa shape index (κ3) is 29.9. The van der Waals surface area contributed by atoms with Gasteiger partial charge in [-0.3, -0.25) is 4.79 Å². The van der Waals surface area contributed by atoms with Crippen LogP contribution in [-0.2, 0) is 14.3 Å². The van der Waals surface area contributed by atoms with E-state index < -0.39 is 74.2 Å². The second-order valence-corrected chi connectivity index (χ2v) is 18.2. The van der Waals surface area contributed by atoms with Gasteiger partial charge in [-0.25, -0.2) is 0 Å². The molecular formula is C51H97NO10. The van der Waals surface area contributed by atoms with Gasteiger partial charge in [0.2, 0.25) is 5.91 Å². The van der Waals surface area contributed by atoms with E-state index in [0.29, 0.717) is 19.3 Å². The summed E-state index contributed by atoms with van der Waals surface area (Å²) in [5.41, 5.74) is 0. The number of nitrogens with one attached hydrogen (secondary N) is 1. The fraction of sp³-hybridized carbons (Fsp3) is 0.902. The van der Waals surface area contributed by atoms with Crippen molar-refractivity contribution in [2.75, 3.05) is 13.2 Å². The lowest BCUT2D eigenvalue weighted by Crippen LogP contribution is -2.60. The predicted molar refractivity (Wildman–Crippen MR) is 252 cm³/mol. The fourth-order valence-electron chi connectivity index (χ4n) is 8.22. The van der Waals surface area contributed by atoms with Gasteiger partial charge in [0.1, 0.15) is 36.6 Å². The number of aliphatic hydroxyl groups excluding tert-OH is 7. The minimum atomic E-state index is -1.67. The molecule has 0 bridgehead atoms. The van der Waals surface area contributed by atoms with Gasteiger partial charge < -0.3 is 50.5 Å². The first-order chi connectivity index (χ1) is 30.2. The minimum Gasteiger partial charge on any atom is -0.394 e. The van der Waals surface area contributed by atoms with Crippen molar-refractivity contribution in [2.45, 2.75) is 281 Å². The highest BCUT2D eigenvalue weighted by molar-refractivity contribution is 5.80. The van der Waals surface area contributed by atoms with Crippen molar-refractivity contribution < 1.29 is 50.0 Å². The van der Waals surface area contributed by atoms with Gasteiger partial charge in [-0.15, -0.1) is 0 Å². The third-order valence-electron chi connectivity index (χ3n) is 12.5. The Morgan fingerprint density at radius 1 is 0.548 bits per heavy atom. The molecule has 0 saturated carbocycles. The van der Waals surface area contributed by atoms with Gasteiger partial charge in [-0.05, 0) is 51.4 Å². The van der Waals surface area contributed by atoms with Crippen molar-refractivity contribution in [1.82, 2.24) is 5.32 Å². The summed E-state index contributed by atoms with van der Waals surface area (Å²) in [7, 11) is 0. The number of carbonyl (C=O) groups excluding carboxylic acids is 1. The lowest BCUT2D eigenvalue weighted by atomic mass is 9.98. The van der Waals surface area contributed by atoms with Crippen LogP contribution in [0.4, 0.5) is 0 Å². The maximum absolute atomic E-state index is 13.0. The summed E-state index contributed by atoms with van der Waals surface area (Å²) in [5.74, 6) is -0.714. The van der Waals surface area contributed by atoms with Gasteiger partial charge in [0, 0.05) is 0 Å². The molecule has 11 heteroatoms. The van der Waals surface area contributed by atoms with Crippen LogP contribution in [0, 0.1) is 0 Å². The van der Waals surface area contributed by atoms with E-state index in [1.54, 1.807) is 0 Å². The van der Waals surface area contributed by atoms with Crippen molar-refractivity contribution in [1.29, 1.82) is 0 Å². The highest BCUT2D eigenvalue weighted by atomic mass is 16.7. The second-order valence-electron chi connectivity index (χ2n) is 18.2. The molecule has 0 aromatic rings. The van der Waals surface area contributed by atoms with E-state index in [4.69, 9.17) is 9.47 Å². The Kier molecular flexibility index (Phi) is 38.8. The molecule has 11 nitrogen and oxygen atoms in total. The van der Waals surface area contributed by atoms with Crippen molar-refractivity contribution in [3.8, 4) is 0 Å². The molecule has 0 aromatic heterocycles. The molecule has 0 spiro atoms.